The van der Waals surface area contributed by atoms with Gasteiger partial charge < -0.3 is 14.9 Å². The Hall–Kier alpha value is -2.18. The summed E-state index contributed by atoms with van der Waals surface area (Å²) in [5, 5.41) is 10.6. The Morgan fingerprint density at radius 1 is 1.59 bits per heavy atom. The molecule has 7 nitrogen and oxygen atoms in total. The summed E-state index contributed by atoms with van der Waals surface area (Å²) >= 11 is 0. The number of rotatable bonds is 3. The van der Waals surface area contributed by atoms with Gasteiger partial charge >= 0.3 is 5.82 Å². The number of amides is 1. The number of carbonyl (C=O) groups excluding carboxylic acids is 1. The van der Waals surface area contributed by atoms with E-state index < -0.39 is 4.92 Å². The summed E-state index contributed by atoms with van der Waals surface area (Å²) in [6, 6.07) is 2.73. The molecule has 0 aromatic carbocycles. The molecule has 0 aliphatic carbocycles. The van der Waals surface area contributed by atoms with E-state index in [2.05, 4.69) is 4.98 Å². The molecule has 2 heterocycles. The van der Waals surface area contributed by atoms with Crippen molar-refractivity contribution in [2.45, 2.75) is 13.3 Å². The van der Waals surface area contributed by atoms with Gasteiger partial charge in [0.05, 0.1) is 0 Å². The quantitative estimate of drug-likeness (QED) is 0.581. The molecule has 1 aromatic rings. The summed E-state index contributed by atoms with van der Waals surface area (Å²) in [4.78, 5) is 26.9. The average molecular weight is 237 g/mol. The topological polar surface area (TPSA) is 85.6 Å². The molecule has 7 heteroatoms. The van der Waals surface area contributed by atoms with Crippen LogP contribution in [0.4, 0.5) is 11.6 Å². The maximum Gasteiger partial charge on any atom is 0.366 e. The van der Waals surface area contributed by atoms with E-state index in [0.29, 0.717) is 12.3 Å². The number of hydrogen-bond acceptors (Lipinski definition) is 5. The minimum absolute atomic E-state index is 0.0491. The Balaban J connectivity index is 2.44. The van der Waals surface area contributed by atoms with Crippen molar-refractivity contribution in [1.29, 1.82) is 0 Å². The van der Waals surface area contributed by atoms with Crippen LogP contribution in [0, 0.1) is 10.1 Å². The fourth-order valence-corrected chi connectivity index (χ4v) is 1.62. The third-order valence-corrected chi connectivity index (χ3v) is 2.37. The fraction of sp³-hybridized carbons (Fsp3) is 0.400. The molecule has 0 atom stereocenters. The highest BCUT2D eigenvalue weighted by molar-refractivity contribution is 5.96. The van der Waals surface area contributed by atoms with Crippen LogP contribution < -0.4 is 9.64 Å². The number of hydrogen-bond donors (Lipinski definition) is 0. The highest BCUT2D eigenvalue weighted by Crippen LogP contribution is 2.31. The number of nitrogens with zero attached hydrogens (tertiary/aromatic N) is 3. The van der Waals surface area contributed by atoms with Gasteiger partial charge in [-0.2, -0.15) is 0 Å². The molecule has 1 aromatic heterocycles. The lowest BCUT2D eigenvalue weighted by Gasteiger charge is -2.24. The van der Waals surface area contributed by atoms with Gasteiger partial charge in [0.15, 0.2) is 12.4 Å². The molecule has 2 rings (SSSR count). The molecule has 0 spiro atoms. The van der Waals surface area contributed by atoms with E-state index in [1.165, 1.54) is 17.0 Å². The Kier molecular flexibility index (Phi) is 2.90. The van der Waals surface area contributed by atoms with Crippen molar-refractivity contribution in [2.75, 3.05) is 18.1 Å². The summed E-state index contributed by atoms with van der Waals surface area (Å²) < 4.78 is 5.17. The molecule has 0 fully saturated rings. The van der Waals surface area contributed by atoms with Gasteiger partial charge in [-0.1, -0.05) is 6.92 Å². The van der Waals surface area contributed by atoms with Crippen molar-refractivity contribution >= 4 is 17.5 Å². The van der Waals surface area contributed by atoms with E-state index in [-0.39, 0.29) is 24.1 Å². The first-order valence-corrected chi connectivity index (χ1v) is 5.22. The minimum atomic E-state index is -0.594. The molecule has 1 amide bonds. The molecule has 0 saturated carbocycles. The Morgan fingerprint density at radius 3 is 3.00 bits per heavy atom. The zero-order valence-electron chi connectivity index (χ0n) is 9.25. The highest BCUT2D eigenvalue weighted by Gasteiger charge is 2.31. The van der Waals surface area contributed by atoms with Crippen LogP contribution in [0.3, 0.4) is 0 Å². The smallest absolute Gasteiger partial charge is 0.366 e. The maximum absolute atomic E-state index is 11.6. The van der Waals surface area contributed by atoms with Crippen molar-refractivity contribution in [2.24, 2.45) is 0 Å². The average Bonchev–Trinajstić information content (AvgIpc) is 2.32. The van der Waals surface area contributed by atoms with Crippen molar-refractivity contribution < 1.29 is 14.5 Å². The molecule has 17 heavy (non-hydrogen) atoms. The van der Waals surface area contributed by atoms with Gasteiger partial charge in [0.2, 0.25) is 0 Å². The number of anilines is 1. The van der Waals surface area contributed by atoms with Crippen molar-refractivity contribution in [3.63, 3.8) is 0 Å². The molecule has 0 saturated heterocycles. The lowest BCUT2D eigenvalue weighted by atomic mass is 10.3. The van der Waals surface area contributed by atoms with Crippen LogP contribution in [-0.4, -0.2) is 29.0 Å². The number of ether oxygens (including phenoxy) is 1. The third-order valence-electron chi connectivity index (χ3n) is 2.37. The van der Waals surface area contributed by atoms with Crippen LogP contribution in [0.25, 0.3) is 0 Å². The summed E-state index contributed by atoms with van der Waals surface area (Å²) in [6.45, 7) is 2.34. The van der Waals surface area contributed by atoms with Gasteiger partial charge in [-0.15, -0.1) is 0 Å². The summed E-state index contributed by atoms with van der Waals surface area (Å²) in [6.07, 6.45) is 0.746. The molecule has 1 aliphatic heterocycles. The Bertz CT molecular complexity index is 475. The highest BCUT2D eigenvalue weighted by atomic mass is 16.6. The van der Waals surface area contributed by atoms with Gasteiger partial charge in [0.25, 0.3) is 11.7 Å². The van der Waals surface area contributed by atoms with E-state index >= 15 is 0 Å². The first kappa shape index (κ1) is 11.3. The van der Waals surface area contributed by atoms with E-state index in [4.69, 9.17) is 4.74 Å². The van der Waals surface area contributed by atoms with E-state index in [9.17, 15) is 14.9 Å². The SMILES string of the molecule is CCCN1C(=O)COc2ccc([N+](=O)[O-])nc21. The normalized spacial score (nSPS) is 14.2. The minimum Gasteiger partial charge on any atom is -0.477 e. The summed E-state index contributed by atoms with van der Waals surface area (Å²) in [5.41, 5.74) is 0. The van der Waals surface area contributed by atoms with Gasteiger partial charge in [-0.25, -0.2) is 0 Å². The lowest BCUT2D eigenvalue weighted by molar-refractivity contribution is -0.389. The zero-order chi connectivity index (χ0) is 12.4. The number of aromatic nitrogens is 1. The number of fused-ring (bicyclic) bond motifs is 1. The second kappa shape index (κ2) is 4.36. The monoisotopic (exact) mass is 237 g/mol. The van der Waals surface area contributed by atoms with Crippen LogP contribution in [0.1, 0.15) is 13.3 Å². The van der Waals surface area contributed by atoms with Crippen molar-refractivity contribution in [3.8, 4) is 5.75 Å². The van der Waals surface area contributed by atoms with Gasteiger partial charge in [-0.3, -0.25) is 9.69 Å². The zero-order valence-corrected chi connectivity index (χ0v) is 9.25. The van der Waals surface area contributed by atoms with Crippen molar-refractivity contribution in [1.82, 2.24) is 4.98 Å². The van der Waals surface area contributed by atoms with Crippen LogP contribution in [-0.2, 0) is 4.79 Å². The van der Waals surface area contributed by atoms with Gasteiger partial charge in [0.1, 0.15) is 0 Å². The molecular formula is C10H11N3O4. The summed E-state index contributed by atoms with van der Waals surface area (Å²) in [5.74, 6) is 0.122. The van der Waals surface area contributed by atoms with Crippen LogP contribution in [0.2, 0.25) is 0 Å². The fourth-order valence-electron chi connectivity index (χ4n) is 1.62. The number of nitro groups is 1. The molecule has 1 aliphatic rings. The van der Waals surface area contributed by atoms with Crippen LogP contribution in [0.15, 0.2) is 12.1 Å². The molecule has 0 bridgehead atoms. The van der Waals surface area contributed by atoms with Crippen LogP contribution in [0.5, 0.6) is 5.75 Å². The van der Waals surface area contributed by atoms with Crippen LogP contribution >= 0.6 is 0 Å². The molecular weight excluding hydrogens is 226 g/mol. The first-order valence-electron chi connectivity index (χ1n) is 5.22. The molecule has 0 radical (unpaired) electrons. The first-order chi connectivity index (χ1) is 8.13. The molecule has 0 N–H and O–H groups in total. The van der Waals surface area contributed by atoms with E-state index in [0.717, 1.165) is 6.42 Å². The number of pyridine rings is 1. The van der Waals surface area contributed by atoms with Crippen molar-refractivity contribution in [3.05, 3.63) is 22.2 Å². The largest absolute Gasteiger partial charge is 0.477 e. The predicted molar refractivity (Wildman–Crippen MR) is 59.0 cm³/mol. The summed E-state index contributed by atoms with van der Waals surface area (Å²) in [7, 11) is 0. The number of carbonyl (C=O) groups is 1. The van der Waals surface area contributed by atoms with Gasteiger partial charge in [0, 0.05) is 12.6 Å². The van der Waals surface area contributed by atoms with Gasteiger partial charge in [-0.05, 0) is 22.4 Å². The second-order valence-corrected chi connectivity index (χ2v) is 3.58. The molecule has 90 valence electrons. The lowest BCUT2D eigenvalue weighted by Crippen LogP contribution is -2.39. The van der Waals surface area contributed by atoms with E-state index in [1.54, 1.807) is 0 Å². The molecule has 0 unspecified atom stereocenters. The Morgan fingerprint density at radius 2 is 2.35 bits per heavy atom. The standard InChI is InChI=1S/C10H11N3O4/c1-2-5-12-9(14)6-17-7-3-4-8(13(15)16)11-10(7)12/h3-4H,2,5-6H2,1H3. The third kappa shape index (κ3) is 2.03. The Labute approximate surface area is 97.2 Å². The second-order valence-electron chi connectivity index (χ2n) is 3.58. The predicted octanol–water partition coefficient (Wildman–Crippen LogP) is 1.13. The maximum atomic E-state index is 11.6. The van der Waals surface area contributed by atoms with E-state index in [1.807, 2.05) is 6.92 Å².